The standard InChI is InChI=1S/C15H24N2O2.ClH/c1-3-4-12-19-14-9-6-5-8-13(14)17-15(18)10-7-11-16-2;/h5-6,8-9,16H,3-4,7,10-12H2,1-2H3,(H,17,18);1H. The van der Waals surface area contributed by atoms with E-state index in [1.807, 2.05) is 31.3 Å². The molecule has 0 heterocycles. The summed E-state index contributed by atoms with van der Waals surface area (Å²) >= 11 is 0. The van der Waals surface area contributed by atoms with Crippen molar-refractivity contribution >= 4 is 24.0 Å². The summed E-state index contributed by atoms with van der Waals surface area (Å²) in [5.74, 6) is 0.778. The fourth-order valence-electron chi connectivity index (χ4n) is 1.66. The maximum atomic E-state index is 11.8. The van der Waals surface area contributed by atoms with Gasteiger partial charge in [0.1, 0.15) is 5.75 Å². The van der Waals surface area contributed by atoms with Crippen molar-refractivity contribution in [2.45, 2.75) is 32.6 Å². The number of unbranched alkanes of at least 4 members (excludes halogenated alkanes) is 1. The first-order valence-electron chi connectivity index (χ1n) is 6.94. The van der Waals surface area contributed by atoms with Gasteiger partial charge in [-0.25, -0.2) is 0 Å². The zero-order chi connectivity index (χ0) is 13.9. The first-order valence-corrected chi connectivity index (χ1v) is 6.94. The Labute approximate surface area is 127 Å². The largest absolute Gasteiger partial charge is 0.491 e. The van der Waals surface area contributed by atoms with Gasteiger partial charge in [0.15, 0.2) is 0 Å². The van der Waals surface area contributed by atoms with Gasteiger partial charge in [0, 0.05) is 6.42 Å². The van der Waals surface area contributed by atoms with Gasteiger partial charge in [0.25, 0.3) is 0 Å². The average Bonchev–Trinajstić information content (AvgIpc) is 2.41. The Balaban J connectivity index is 0.00000361. The van der Waals surface area contributed by atoms with Crippen molar-refractivity contribution in [2.24, 2.45) is 0 Å². The van der Waals surface area contributed by atoms with E-state index >= 15 is 0 Å². The van der Waals surface area contributed by atoms with Crippen LogP contribution in [-0.2, 0) is 4.79 Å². The fourth-order valence-corrected chi connectivity index (χ4v) is 1.66. The van der Waals surface area contributed by atoms with Crippen LogP contribution in [0.2, 0.25) is 0 Å². The summed E-state index contributed by atoms with van der Waals surface area (Å²) in [6.07, 6.45) is 3.47. The van der Waals surface area contributed by atoms with Crippen LogP contribution in [0.15, 0.2) is 24.3 Å². The fraction of sp³-hybridized carbons (Fsp3) is 0.533. The molecule has 1 aromatic carbocycles. The Kier molecular flexibility index (Phi) is 10.8. The lowest BCUT2D eigenvalue weighted by atomic mass is 10.2. The number of anilines is 1. The van der Waals surface area contributed by atoms with E-state index in [0.29, 0.717) is 13.0 Å². The molecule has 0 spiro atoms. The van der Waals surface area contributed by atoms with Crippen molar-refractivity contribution in [3.05, 3.63) is 24.3 Å². The number of nitrogens with one attached hydrogen (secondary N) is 2. The van der Waals surface area contributed by atoms with E-state index in [-0.39, 0.29) is 18.3 Å². The van der Waals surface area contributed by atoms with Crippen molar-refractivity contribution in [1.29, 1.82) is 0 Å². The number of amides is 1. The molecule has 0 saturated carbocycles. The minimum Gasteiger partial charge on any atom is -0.491 e. The Hall–Kier alpha value is -1.26. The molecule has 1 aromatic rings. The minimum atomic E-state index is 0. The lowest BCUT2D eigenvalue weighted by Crippen LogP contribution is -2.15. The molecule has 2 N–H and O–H groups in total. The van der Waals surface area contributed by atoms with E-state index < -0.39 is 0 Å². The van der Waals surface area contributed by atoms with Gasteiger partial charge >= 0.3 is 0 Å². The van der Waals surface area contributed by atoms with Crippen molar-refractivity contribution < 1.29 is 9.53 Å². The van der Waals surface area contributed by atoms with Crippen LogP contribution in [0.4, 0.5) is 5.69 Å². The maximum absolute atomic E-state index is 11.8. The molecule has 0 aromatic heterocycles. The quantitative estimate of drug-likeness (QED) is 0.689. The molecule has 0 atom stereocenters. The van der Waals surface area contributed by atoms with Crippen LogP contribution < -0.4 is 15.4 Å². The molecule has 20 heavy (non-hydrogen) atoms. The third-order valence-corrected chi connectivity index (χ3v) is 2.75. The highest BCUT2D eigenvalue weighted by Crippen LogP contribution is 2.24. The van der Waals surface area contributed by atoms with Gasteiger partial charge in [0.2, 0.25) is 5.91 Å². The Morgan fingerprint density at radius 3 is 2.70 bits per heavy atom. The summed E-state index contributed by atoms with van der Waals surface area (Å²) in [6, 6.07) is 7.57. The molecule has 5 heteroatoms. The van der Waals surface area contributed by atoms with Crippen LogP contribution in [-0.4, -0.2) is 26.1 Å². The lowest BCUT2D eigenvalue weighted by molar-refractivity contribution is -0.116. The van der Waals surface area contributed by atoms with Crippen molar-refractivity contribution in [2.75, 3.05) is 25.5 Å². The van der Waals surface area contributed by atoms with E-state index in [1.54, 1.807) is 0 Å². The molecule has 0 aliphatic rings. The second-order valence-corrected chi connectivity index (χ2v) is 4.45. The molecule has 1 amide bonds. The number of carbonyl (C=O) groups excluding carboxylic acids is 1. The van der Waals surface area contributed by atoms with E-state index in [4.69, 9.17) is 4.74 Å². The number of hydrogen-bond acceptors (Lipinski definition) is 3. The molecule has 114 valence electrons. The van der Waals surface area contributed by atoms with Gasteiger partial charge in [-0.2, -0.15) is 0 Å². The monoisotopic (exact) mass is 300 g/mol. The summed E-state index contributed by atoms with van der Waals surface area (Å²) in [7, 11) is 1.88. The predicted molar refractivity (Wildman–Crippen MR) is 85.9 cm³/mol. The number of ether oxygens (including phenoxy) is 1. The molecular formula is C15H25ClN2O2. The molecule has 0 unspecified atom stereocenters. The third-order valence-electron chi connectivity index (χ3n) is 2.75. The predicted octanol–water partition coefficient (Wildman–Crippen LogP) is 3.23. The molecule has 1 rings (SSSR count). The Morgan fingerprint density at radius 2 is 2.00 bits per heavy atom. The highest BCUT2D eigenvalue weighted by molar-refractivity contribution is 5.92. The van der Waals surface area contributed by atoms with E-state index in [2.05, 4.69) is 17.6 Å². The molecule has 0 aliphatic carbocycles. The number of halogens is 1. The molecule has 0 fully saturated rings. The summed E-state index contributed by atoms with van der Waals surface area (Å²) in [4.78, 5) is 11.8. The van der Waals surface area contributed by atoms with Gasteiger partial charge < -0.3 is 15.4 Å². The van der Waals surface area contributed by atoms with Crippen LogP contribution in [0.25, 0.3) is 0 Å². The van der Waals surface area contributed by atoms with Crippen LogP contribution >= 0.6 is 12.4 Å². The number of para-hydroxylation sites is 2. The molecule has 0 saturated heterocycles. The lowest BCUT2D eigenvalue weighted by Gasteiger charge is -2.12. The van der Waals surface area contributed by atoms with Crippen LogP contribution in [0.5, 0.6) is 5.75 Å². The van der Waals surface area contributed by atoms with Gasteiger partial charge in [-0.15, -0.1) is 12.4 Å². The van der Waals surface area contributed by atoms with Gasteiger partial charge in [0.05, 0.1) is 12.3 Å². The highest BCUT2D eigenvalue weighted by Gasteiger charge is 2.06. The number of rotatable bonds is 9. The molecule has 4 nitrogen and oxygen atoms in total. The average molecular weight is 301 g/mol. The smallest absolute Gasteiger partial charge is 0.224 e. The molecule has 0 aliphatic heterocycles. The van der Waals surface area contributed by atoms with Gasteiger partial charge in [-0.3, -0.25) is 4.79 Å². The van der Waals surface area contributed by atoms with Crippen LogP contribution in [0.1, 0.15) is 32.6 Å². The molecule has 0 radical (unpaired) electrons. The van der Waals surface area contributed by atoms with Crippen LogP contribution in [0.3, 0.4) is 0 Å². The SMILES string of the molecule is CCCCOc1ccccc1NC(=O)CCCNC.Cl. The van der Waals surface area contributed by atoms with Gasteiger partial charge in [-0.1, -0.05) is 25.5 Å². The van der Waals surface area contributed by atoms with Crippen molar-refractivity contribution in [3.63, 3.8) is 0 Å². The van der Waals surface area contributed by atoms with Gasteiger partial charge in [-0.05, 0) is 38.6 Å². The summed E-state index contributed by atoms with van der Waals surface area (Å²) in [5.41, 5.74) is 0.757. The summed E-state index contributed by atoms with van der Waals surface area (Å²) in [6.45, 7) is 3.66. The summed E-state index contributed by atoms with van der Waals surface area (Å²) < 4.78 is 5.68. The minimum absolute atomic E-state index is 0. The Bertz CT molecular complexity index is 386. The number of carbonyl (C=O) groups is 1. The first-order chi connectivity index (χ1) is 9.27. The second-order valence-electron chi connectivity index (χ2n) is 4.45. The first kappa shape index (κ1) is 18.7. The van der Waals surface area contributed by atoms with E-state index in [9.17, 15) is 4.79 Å². The normalized spacial score (nSPS) is 9.70. The maximum Gasteiger partial charge on any atom is 0.224 e. The molecular weight excluding hydrogens is 276 g/mol. The van der Waals surface area contributed by atoms with E-state index in [0.717, 1.165) is 37.2 Å². The third kappa shape index (κ3) is 7.36. The highest BCUT2D eigenvalue weighted by atomic mass is 35.5. The van der Waals surface area contributed by atoms with Crippen molar-refractivity contribution in [1.82, 2.24) is 5.32 Å². The second kappa shape index (κ2) is 11.6. The number of benzene rings is 1. The van der Waals surface area contributed by atoms with E-state index in [1.165, 1.54) is 0 Å². The zero-order valence-corrected chi connectivity index (χ0v) is 13.1. The topological polar surface area (TPSA) is 50.4 Å². The van der Waals surface area contributed by atoms with Crippen LogP contribution in [0, 0.1) is 0 Å². The molecule has 0 bridgehead atoms. The summed E-state index contributed by atoms with van der Waals surface area (Å²) in [5, 5.41) is 5.93. The Morgan fingerprint density at radius 1 is 1.25 bits per heavy atom. The number of hydrogen-bond donors (Lipinski definition) is 2. The zero-order valence-electron chi connectivity index (χ0n) is 12.3. The van der Waals surface area contributed by atoms with Crippen molar-refractivity contribution in [3.8, 4) is 5.75 Å².